The maximum atomic E-state index is 4.14. The summed E-state index contributed by atoms with van der Waals surface area (Å²) < 4.78 is 1.07. The molecule has 0 fully saturated rings. The predicted octanol–water partition coefficient (Wildman–Crippen LogP) is 8.52. The quantitative estimate of drug-likeness (QED) is 0.226. The van der Waals surface area contributed by atoms with Crippen LogP contribution in [0.15, 0.2) is 138 Å². The summed E-state index contributed by atoms with van der Waals surface area (Å²) in [6, 6.07) is 42.8. The Morgan fingerprint density at radius 1 is 0.424 bits per heavy atom. The molecule has 0 spiro atoms. The number of hydrogen-bond donors (Lipinski definition) is 0. The Labute approximate surface area is 203 Å². The van der Waals surface area contributed by atoms with E-state index in [4.69, 9.17) is 0 Å². The van der Waals surface area contributed by atoms with Gasteiger partial charge in [0.05, 0.1) is 0 Å². The average molecular weight is 488 g/mol. The molecule has 33 heavy (non-hydrogen) atoms. The molecule has 5 rings (SSSR count). The molecular formula is C31H22BrN. The molecule has 158 valence electrons. The molecule has 0 radical (unpaired) electrons. The lowest BCUT2D eigenvalue weighted by Crippen LogP contribution is -1.97. The highest BCUT2D eigenvalue weighted by Gasteiger charge is 2.16. The zero-order chi connectivity index (χ0) is 22.5. The summed E-state index contributed by atoms with van der Waals surface area (Å²) in [7, 11) is 0. The molecule has 0 amide bonds. The number of rotatable bonds is 5. The maximum Gasteiger partial charge on any atom is 0.0273 e. The zero-order valence-corrected chi connectivity index (χ0v) is 19.6. The van der Waals surface area contributed by atoms with Crippen molar-refractivity contribution in [3.63, 3.8) is 0 Å². The second-order valence-corrected chi connectivity index (χ2v) is 8.72. The normalized spacial score (nSPS) is 11.7. The van der Waals surface area contributed by atoms with Crippen LogP contribution in [0.4, 0.5) is 0 Å². The van der Waals surface area contributed by atoms with Gasteiger partial charge in [0.15, 0.2) is 0 Å². The molecule has 1 aromatic heterocycles. The van der Waals surface area contributed by atoms with Gasteiger partial charge in [0.2, 0.25) is 0 Å². The molecule has 4 aromatic carbocycles. The highest BCUT2D eigenvalue weighted by molar-refractivity contribution is 9.10. The van der Waals surface area contributed by atoms with E-state index in [0.29, 0.717) is 0 Å². The van der Waals surface area contributed by atoms with Gasteiger partial charge in [-0.25, -0.2) is 0 Å². The van der Waals surface area contributed by atoms with Crippen LogP contribution in [0.1, 0.15) is 22.3 Å². The monoisotopic (exact) mass is 487 g/mol. The van der Waals surface area contributed by atoms with Gasteiger partial charge in [0.1, 0.15) is 0 Å². The van der Waals surface area contributed by atoms with Crippen molar-refractivity contribution in [2.45, 2.75) is 0 Å². The summed E-state index contributed by atoms with van der Waals surface area (Å²) in [5, 5.41) is 0. The molecule has 0 aliphatic carbocycles. The lowest BCUT2D eigenvalue weighted by atomic mass is 9.85. The number of pyridine rings is 1. The Kier molecular flexibility index (Phi) is 6.27. The fourth-order valence-electron chi connectivity index (χ4n) is 4.11. The van der Waals surface area contributed by atoms with Crippen LogP contribution in [0.5, 0.6) is 0 Å². The molecule has 0 bridgehead atoms. The highest BCUT2D eigenvalue weighted by Crippen LogP contribution is 2.37. The summed E-state index contributed by atoms with van der Waals surface area (Å²) >= 11 is 3.59. The van der Waals surface area contributed by atoms with Crippen molar-refractivity contribution in [2.75, 3.05) is 0 Å². The van der Waals surface area contributed by atoms with Crippen LogP contribution < -0.4 is 0 Å². The number of hydrogen-bond acceptors (Lipinski definition) is 1. The topological polar surface area (TPSA) is 12.9 Å². The summed E-state index contributed by atoms with van der Waals surface area (Å²) in [5.41, 5.74) is 9.52. The third-order valence-electron chi connectivity index (χ3n) is 5.70. The van der Waals surface area contributed by atoms with E-state index < -0.39 is 0 Å². The van der Waals surface area contributed by atoms with Gasteiger partial charge in [-0.1, -0.05) is 113 Å². The summed E-state index contributed by atoms with van der Waals surface area (Å²) in [6.07, 6.45) is 3.67. The first-order chi connectivity index (χ1) is 16.3. The van der Waals surface area contributed by atoms with E-state index in [1.165, 1.54) is 39.0 Å². The molecule has 0 saturated carbocycles. The van der Waals surface area contributed by atoms with Gasteiger partial charge >= 0.3 is 0 Å². The van der Waals surface area contributed by atoms with Crippen LogP contribution in [-0.4, -0.2) is 4.98 Å². The number of aromatic nitrogens is 1. The third kappa shape index (κ3) is 4.72. The van der Waals surface area contributed by atoms with Crippen molar-refractivity contribution in [2.24, 2.45) is 0 Å². The van der Waals surface area contributed by atoms with E-state index in [-0.39, 0.29) is 0 Å². The lowest BCUT2D eigenvalue weighted by Gasteiger charge is -2.18. The number of benzene rings is 4. The van der Waals surface area contributed by atoms with Crippen molar-refractivity contribution >= 4 is 27.1 Å². The fraction of sp³-hybridized carbons (Fsp3) is 0. The molecular weight excluding hydrogens is 466 g/mol. The van der Waals surface area contributed by atoms with E-state index in [1.807, 2.05) is 24.5 Å². The van der Waals surface area contributed by atoms with E-state index >= 15 is 0 Å². The molecule has 0 aliphatic heterocycles. The van der Waals surface area contributed by atoms with Crippen LogP contribution in [0.25, 0.3) is 22.3 Å². The van der Waals surface area contributed by atoms with Crippen LogP contribution in [-0.2, 0) is 0 Å². The maximum absolute atomic E-state index is 4.14. The summed E-state index contributed by atoms with van der Waals surface area (Å²) in [4.78, 5) is 4.14. The van der Waals surface area contributed by atoms with Crippen molar-refractivity contribution in [3.05, 3.63) is 160 Å². The first kappa shape index (κ1) is 21.1. The van der Waals surface area contributed by atoms with Crippen molar-refractivity contribution < 1.29 is 0 Å². The highest BCUT2D eigenvalue weighted by atomic mass is 79.9. The Morgan fingerprint density at radius 3 is 1.30 bits per heavy atom. The fourth-order valence-corrected chi connectivity index (χ4v) is 4.37. The van der Waals surface area contributed by atoms with E-state index in [0.717, 1.165) is 10.0 Å². The second kappa shape index (κ2) is 9.81. The minimum atomic E-state index is 1.07. The largest absolute Gasteiger partial charge is 0.265 e. The van der Waals surface area contributed by atoms with E-state index in [9.17, 15) is 0 Å². The van der Waals surface area contributed by atoms with Gasteiger partial charge < -0.3 is 0 Å². The lowest BCUT2D eigenvalue weighted by molar-refractivity contribution is 1.33. The zero-order valence-electron chi connectivity index (χ0n) is 18.0. The van der Waals surface area contributed by atoms with Gasteiger partial charge in [-0.15, -0.1) is 0 Å². The Morgan fingerprint density at radius 2 is 0.818 bits per heavy atom. The molecule has 0 saturated heterocycles. The number of nitrogens with zero attached hydrogens (tertiary/aromatic N) is 1. The molecule has 0 unspecified atom stereocenters. The molecule has 1 heterocycles. The van der Waals surface area contributed by atoms with Crippen LogP contribution in [0.2, 0.25) is 0 Å². The van der Waals surface area contributed by atoms with Gasteiger partial charge in [-0.3, -0.25) is 4.98 Å². The Hall–Kier alpha value is -3.75. The predicted molar refractivity (Wildman–Crippen MR) is 142 cm³/mol. The van der Waals surface area contributed by atoms with E-state index in [2.05, 4.69) is 130 Å². The van der Waals surface area contributed by atoms with Crippen molar-refractivity contribution in [3.8, 4) is 11.1 Å². The molecule has 0 atom stereocenters. The second-order valence-electron chi connectivity index (χ2n) is 7.80. The SMILES string of the molecule is Brc1ccc(C(=C(c2ccccc2)c2ccc(-c3ccncc3)cc2)c2ccccc2)cc1. The standard InChI is InChI=1S/C31H22BrN/c32-29-17-15-28(16-18-29)31(26-9-5-2-6-10-26)30(25-7-3-1-4-8-25)27-13-11-23(12-14-27)24-19-21-33-22-20-24/h1-22H. The summed E-state index contributed by atoms with van der Waals surface area (Å²) in [6.45, 7) is 0. The minimum Gasteiger partial charge on any atom is -0.265 e. The van der Waals surface area contributed by atoms with Gasteiger partial charge in [0.25, 0.3) is 0 Å². The molecule has 1 nitrogen and oxygen atoms in total. The van der Waals surface area contributed by atoms with Crippen molar-refractivity contribution in [1.29, 1.82) is 0 Å². The molecule has 0 N–H and O–H groups in total. The van der Waals surface area contributed by atoms with Crippen molar-refractivity contribution in [1.82, 2.24) is 4.98 Å². The Bertz CT molecular complexity index is 1360. The molecule has 5 aromatic rings. The Balaban J connectivity index is 1.76. The average Bonchev–Trinajstić information content (AvgIpc) is 2.90. The van der Waals surface area contributed by atoms with Crippen LogP contribution in [0.3, 0.4) is 0 Å². The number of halogens is 1. The van der Waals surface area contributed by atoms with Gasteiger partial charge in [-0.2, -0.15) is 0 Å². The van der Waals surface area contributed by atoms with Gasteiger partial charge in [0, 0.05) is 16.9 Å². The van der Waals surface area contributed by atoms with E-state index in [1.54, 1.807) is 0 Å². The van der Waals surface area contributed by atoms with Crippen LogP contribution in [0, 0.1) is 0 Å². The third-order valence-corrected chi connectivity index (χ3v) is 6.22. The van der Waals surface area contributed by atoms with Crippen LogP contribution >= 0.6 is 15.9 Å². The summed E-state index contributed by atoms with van der Waals surface area (Å²) in [5.74, 6) is 0. The molecule has 0 aliphatic rings. The first-order valence-corrected chi connectivity index (χ1v) is 11.7. The molecule has 2 heteroatoms. The minimum absolute atomic E-state index is 1.07. The smallest absolute Gasteiger partial charge is 0.0273 e. The van der Waals surface area contributed by atoms with Gasteiger partial charge in [-0.05, 0) is 68.8 Å². The first-order valence-electron chi connectivity index (χ1n) is 10.9.